The van der Waals surface area contributed by atoms with Gasteiger partial charge in [-0.1, -0.05) is 12.1 Å². The van der Waals surface area contributed by atoms with Gasteiger partial charge in [0.1, 0.15) is 11.4 Å². The molecule has 0 saturated heterocycles. The maximum atomic E-state index is 11.3. The van der Waals surface area contributed by atoms with E-state index in [4.69, 9.17) is 4.74 Å². The van der Waals surface area contributed by atoms with Crippen LogP contribution >= 0.6 is 0 Å². The summed E-state index contributed by atoms with van der Waals surface area (Å²) in [5, 5.41) is 9.37. The predicted molar refractivity (Wildman–Crippen MR) is 69.1 cm³/mol. The first-order chi connectivity index (χ1) is 8.28. The number of hydrogen-bond acceptors (Lipinski definition) is 4. The Bertz CT molecular complexity index is 425. The van der Waals surface area contributed by atoms with E-state index in [0.29, 0.717) is 6.54 Å². The van der Waals surface area contributed by atoms with E-state index in [1.54, 1.807) is 32.9 Å². The molecule has 0 bridgehead atoms. The second-order valence-corrected chi connectivity index (χ2v) is 5.10. The van der Waals surface area contributed by atoms with Crippen LogP contribution in [0.1, 0.15) is 31.9 Å². The molecule has 0 aliphatic carbocycles. The molecule has 5 heteroatoms. The number of amides is 1. The van der Waals surface area contributed by atoms with E-state index in [-0.39, 0.29) is 5.75 Å². The van der Waals surface area contributed by atoms with Gasteiger partial charge in [0.2, 0.25) is 0 Å². The number of rotatable bonds is 3. The lowest BCUT2D eigenvalue weighted by Gasteiger charge is -2.19. The number of phenols is 1. The zero-order valence-corrected chi connectivity index (χ0v) is 11.2. The number of ether oxygens (including phenoxy) is 1. The Labute approximate surface area is 107 Å². The summed E-state index contributed by atoms with van der Waals surface area (Å²) in [6, 6.07) is 5.25. The number of carbonyl (C=O) groups excluding carboxylic acids is 1. The van der Waals surface area contributed by atoms with Gasteiger partial charge in [-0.25, -0.2) is 10.2 Å². The fourth-order valence-corrected chi connectivity index (χ4v) is 1.35. The van der Waals surface area contributed by atoms with Crippen LogP contribution in [0.2, 0.25) is 0 Å². The van der Waals surface area contributed by atoms with Gasteiger partial charge in [0.05, 0.1) is 0 Å². The highest BCUT2D eigenvalue weighted by Gasteiger charge is 2.15. The lowest BCUT2D eigenvalue weighted by atomic mass is 10.1. The fraction of sp³-hybridized carbons (Fsp3) is 0.462. The molecule has 0 unspecified atom stereocenters. The highest BCUT2D eigenvalue weighted by Crippen LogP contribution is 2.16. The zero-order chi connectivity index (χ0) is 13.8. The average Bonchev–Trinajstić information content (AvgIpc) is 2.20. The van der Waals surface area contributed by atoms with Gasteiger partial charge < -0.3 is 9.84 Å². The van der Waals surface area contributed by atoms with Gasteiger partial charge in [0, 0.05) is 6.54 Å². The summed E-state index contributed by atoms with van der Waals surface area (Å²) in [7, 11) is 0. The molecule has 0 saturated carbocycles. The smallest absolute Gasteiger partial charge is 0.422 e. The Morgan fingerprint density at radius 3 is 2.61 bits per heavy atom. The molecule has 1 aromatic rings. The molecule has 0 heterocycles. The maximum Gasteiger partial charge on any atom is 0.422 e. The van der Waals surface area contributed by atoms with Crippen molar-refractivity contribution in [3.63, 3.8) is 0 Å². The van der Waals surface area contributed by atoms with Crippen LogP contribution in [0.5, 0.6) is 5.75 Å². The van der Waals surface area contributed by atoms with Crippen molar-refractivity contribution in [2.24, 2.45) is 0 Å². The number of phenolic OH excluding ortho intramolecular Hbond substituents is 1. The third-order valence-electron chi connectivity index (χ3n) is 2.14. The van der Waals surface area contributed by atoms with Crippen molar-refractivity contribution < 1.29 is 14.6 Å². The van der Waals surface area contributed by atoms with Crippen molar-refractivity contribution in [2.75, 3.05) is 0 Å². The summed E-state index contributed by atoms with van der Waals surface area (Å²) in [5.41, 5.74) is 6.46. The Morgan fingerprint density at radius 1 is 1.39 bits per heavy atom. The predicted octanol–water partition coefficient (Wildman–Crippen LogP) is 2.23. The molecule has 3 N–H and O–H groups in total. The van der Waals surface area contributed by atoms with Crippen LogP contribution in [0.4, 0.5) is 4.79 Å². The monoisotopic (exact) mass is 252 g/mol. The van der Waals surface area contributed by atoms with Crippen LogP contribution in [-0.2, 0) is 11.3 Å². The van der Waals surface area contributed by atoms with Gasteiger partial charge in [-0.3, -0.25) is 5.43 Å². The van der Waals surface area contributed by atoms with E-state index < -0.39 is 11.7 Å². The van der Waals surface area contributed by atoms with Gasteiger partial charge in [0.15, 0.2) is 0 Å². The second-order valence-electron chi connectivity index (χ2n) is 5.10. The molecule has 1 rings (SSSR count). The third kappa shape index (κ3) is 5.05. The van der Waals surface area contributed by atoms with Crippen LogP contribution < -0.4 is 10.9 Å². The zero-order valence-electron chi connectivity index (χ0n) is 11.2. The number of nitrogens with one attached hydrogen (secondary N) is 2. The largest absolute Gasteiger partial charge is 0.508 e. The molecule has 1 amide bonds. The molecule has 0 atom stereocenters. The summed E-state index contributed by atoms with van der Waals surface area (Å²) in [6.45, 7) is 7.68. The third-order valence-corrected chi connectivity index (χ3v) is 2.14. The molecular weight excluding hydrogens is 232 g/mol. The standard InChI is InChI=1S/C13H20N2O3/c1-9-7-10(5-6-11(9)16)8-14-15-12(17)18-13(2,3)4/h5-7,14,16H,8H2,1-4H3,(H,15,17). The topological polar surface area (TPSA) is 70.6 Å². The Kier molecular flexibility index (Phi) is 4.55. The molecular formula is C13H20N2O3. The van der Waals surface area contributed by atoms with Crippen LogP contribution in [-0.4, -0.2) is 16.8 Å². The Balaban J connectivity index is 2.38. The molecule has 1 aromatic carbocycles. The van der Waals surface area contributed by atoms with Crippen molar-refractivity contribution in [1.29, 1.82) is 0 Å². The molecule has 0 fully saturated rings. The average molecular weight is 252 g/mol. The first-order valence-corrected chi connectivity index (χ1v) is 5.78. The molecule has 0 radical (unpaired) electrons. The quantitative estimate of drug-likeness (QED) is 0.721. The minimum absolute atomic E-state index is 0.263. The summed E-state index contributed by atoms with van der Waals surface area (Å²) in [5.74, 6) is 0.263. The summed E-state index contributed by atoms with van der Waals surface area (Å²) in [4.78, 5) is 11.3. The summed E-state index contributed by atoms with van der Waals surface area (Å²) in [6.07, 6.45) is -0.516. The maximum absolute atomic E-state index is 11.3. The SMILES string of the molecule is Cc1cc(CNNC(=O)OC(C)(C)C)ccc1O. The summed E-state index contributed by atoms with van der Waals surface area (Å²) < 4.78 is 5.07. The Morgan fingerprint density at radius 2 is 2.06 bits per heavy atom. The molecule has 0 aromatic heterocycles. The van der Waals surface area contributed by atoms with Crippen molar-refractivity contribution >= 4 is 6.09 Å². The van der Waals surface area contributed by atoms with Crippen LogP contribution in [0, 0.1) is 6.92 Å². The van der Waals surface area contributed by atoms with E-state index >= 15 is 0 Å². The lowest BCUT2D eigenvalue weighted by Crippen LogP contribution is -2.40. The second kappa shape index (κ2) is 5.73. The normalized spacial score (nSPS) is 11.1. The van der Waals surface area contributed by atoms with Gasteiger partial charge in [-0.2, -0.15) is 0 Å². The van der Waals surface area contributed by atoms with Crippen molar-refractivity contribution in [3.8, 4) is 5.75 Å². The molecule has 0 aliphatic rings. The van der Waals surface area contributed by atoms with Gasteiger partial charge in [0.25, 0.3) is 0 Å². The Hall–Kier alpha value is -1.75. The number of aryl methyl sites for hydroxylation is 1. The number of hydrazine groups is 1. The molecule has 5 nitrogen and oxygen atoms in total. The molecule has 0 aliphatic heterocycles. The molecule has 0 spiro atoms. The number of carbonyl (C=O) groups is 1. The molecule has 18 heavy (non-hydrogen) atoms. The number of aromatic hydroxyl groups is 1. The highest BCUT2D eigenvalue weighted by atomic mass is 16.6. The van der Waals surface area contributed by atoms with Crippen LogP contribution in [0.3, 0.4) is 0 Å². The lowest BCUT2D eigenvalue weighted by molar-refractivity contribution is 0.0497. The van der Waals surface area contributed by atoms with Crippen molar-refractivity contribution in [2.45, 2.75) is 39.8 Å². The minimum Gasteiger partial charge on any atom is -0.508 e. The number of hydrogen-bond donors (Lipinski definition) is 3. The van der Waals surface area contributed by atoms with E-state index in [2.05, 4.69) is 10.9 Å². The van der Waals surface area contributed by atoms with Crippen molar-refractivity contribution in [3.05, 3.63) is 29.3 Å². The minimum atomic E-state index is -0.516. The highest BCUT2D eigenvalue weighted by molar-refractivity contribution is 5.66. The van der Waals surface area contributed by atoms with E-state index in [0.717, 1.165) is 11.1 Å². The van der Waals surface area contributed by atoms with Gasteiger partial charge in [-0.05, 0) is 44.9 Å². The van der Waals surface area contributed by atoms with Gasteiger partial charge >= 0.3 is 6.09 Å². The van der Waals surface area contributed by atoms with Crippen LogP contribution in [0.15, 0.2) is 18.2 Å². The summed E-state index contributed by atoms with van der Waals surface area (Å²) >= 11 is 0. The van der Waals surface area contributed by atoms with E-state index in [9.17, 15) is 9.90 Å². The van der Waals surface area contributed by atoms with E-state index in [1.807, 2.05) is 13.0 Å². The van der Waals surface area contributed by atoms with Gasteiger partial charge in [-0.15, -0.1) is 0 Å². The fourth-order valence-electron chi connectivity index (χ4n) is 1.35. The van der Waals surface area contributed by atoms with Crippen LogP contribution in [0.25, 0.3) is 0 Å². The van der Waals surface area contributed by atoms with Crippen molar-refractivity contribution in [1.82, 2.24) is 10.9 Å². The first-order valence-electron chi connectivity index (χ1n) is 5.78. The first kappa shape index (κ1) is 14.3. The number of benzene rings is 1. The van der Waals surface area contributed by atoms with E-state index in [1.165, 1.54) is 0 Å². The molecule has 100 valence electrons.